The summed E-state index contributed by atoms with van der Waals surface area (Å²) in [6.07, 6.45) is 8.33. The van der Waals surface area contributed by atoms with Crippen molar-refractivity contribution in [3.8, 4) is 17.3 Å². The molecule has 2 aliphatic rings. The Bertz CT molecular complexity index is 1850. The molecule has 4 aromatic rings. The third kappa shape index (κ3) is 6.03. The van der Waals surface area contributed by atoms with Crippen LogP contribution in [0.15, 0.2) is 64.7 Å². The Morgan fingerprint density at radius 1 is 1.19 bits per heavy atom. The van der Waals surface area contributed by atoms with E-state index in [2.05, 4.69) is 49.1 Å². The van der Waals surface area contributed by atoms with Gasteiger partial charge in [0, 0.05) is 35.9 Å². The molecule has 4 aromatic heterocycles. The summed E-state index contributed by atoms with van der Waals surface area (Å²) in [7, 11) is 8.79. The van der Waals surface area contributed by atoms with Gasteiger partial charge in [0.05, 0.1) is 19.2 Å². The molecule has 43 heavy (non-hydrogen) atoms. The second-order valence-electron chi connectivity index (χ2n) is 10.9. The summed E-state index contributed by atoms with van der Waals surface area (Å²) in [6.45, 7) is 5.84. The molecular weight excluding hydrogens is 566 g/mol. The van der Waals surface area contributed by atoms with E-state index >= 15 is 0 Å². The quantitative estimate of drug-likeness (QED) is 0.229. The van der Waals surface area contributed by atoms with Gasteiger partial charge in [-0.25, -0.2) is 19.7 Å². The van der Waals surface area contributed by atoms with Gasteiger partial charge < -0.3 is 23.7 Å². The first kappa shape index (κ1) is 29.0. The Hall–Kier alpha value is -4.15. The zero-order valence-corrected chi connectivity index (χ0v) is 25.0. The molecule has 0 spiro atoms. The smallest absolute Gasteiger partial charge is 0.354 e. The van der Waals surface area contributed by atoms with Crippen LogP contribution in [0.3, 0.4) is 0 Å². The van der Waals surface area contributed by atoms with E-state index in [0.717, 1.165) is 12.0 Å². The minimum atomic E-state index is -1.12. The molecule has 0 amide bonds. The van der Waals surface area contributed by atoms with Gasteiger partial charge in [-0.05, 0) is 42.0 Å². The lowest BCUT2D eigenvalue weighted by Gasteiger charge is -2.27. The summed E-state index contributed by atoms with van der Waals surface area (Å²) in [5, 5.41) is 10.1. The number of nitrogens with zero attached hydrogens (tertiary/aromatic N) is 6. The highest BCUT2D eigenvalue weighted by molar-refractivity contribution is 7.27. The first-order chi connectivity index (χ1) is 20.7. The number of imidazole rings is 1. The lowest BCUT2D eigenvalue weighted by molar-refractivity contribution is -0.0591. The molecule has 0 bridgehead atoms. The van der Waals surface area contributed by atoms with E-state index in [4.69, 9.17) is 17.3 Å². The third-order valence-corrected chi connectivity index (χ3v) is 8.28. The molecule has 2 radical (unpaired) electrons. The summed E-state index contributed by atoms with van der Waals surface area (Å²) in [5.74, 6) is 0.919. The molecule has 1 aliphatic heterocycles. The van der Waals surface area contributed by atoms with Gasteiger partial charge in [-0.2, -0.15) is 4.98 Å². The number of carboxylic acids is 1. The highest BCUT2D eigenvalue weighted by Crippen LogP contribution is 2.27. The molecule has 5 heterocycles. The summed E-state index contributed by atoms with van der Waals surface area (Å²) in [4.78, 5) is 42.7. The number of carboxylic acid groups (broad SMARTS) is 1. The third-order valence-electron chi connectivity index (χ3n) is 7.89. The Morgan fingerprint density at radius 2 is 1.98 bits per heavy atom. The first-order valence-electron chi connectivity index (χ1n) is 14.0. The molecule has 6 rings (SSSR count). The van der Waals surface area contributed by atoms with Crippen molar-refractivity contribution in [3.63, 3.8) is 0 Å². The van der Waals surface area contributed by atoms with E-state index in [1.165, 1.54) is 16.7 Å². The number of aromatic nitrogens is 6. The maximum absolute atomic E-state index is 13.2. The standard InChI is InChI=1S/C30H30BN6O5P/c1-16-9-19(21(31)10-17(16)2)15-42-29-24(43)12-32-27(35-29)18-5-7-36(26(38)11-18)14-25-33-22-3-4-23(30(39)40)34-28(22)37(25)13-20-6-8-41-20/h3-5,7,9-12,16-17,20H,6,8,13-15,43H2,1-2H3,(H,39,40). The molecule has 1 saturated heterocycles. The second-order valence-corrected chi connectivity index (χ2v) is 11.5. The van der Waals surface area contributed by atoms with Gasteiger partial charge in [0.1, 0.15) is 25.8 Å². The number of hydrogen-bond acceptors (Lipinski definition) is 8. The van der Waals surface area contributed by atoms with Crippen LogP contribution in [0.1, 0.15) is 36.6 Å². The second kappa shape index (κ2) is 11.9. The number of aromatic carboxylic acids is 1. The molecule has 1 N–H and O–H groups in total. The van der Waals surface area contributed by atoms with Crippen LogP contribution in [0.25, 0.3) is 22.6 Å². The zero-order valence-electron chi connectivity index (χ0n) is 23.8. The number of hydrogen-bond donors (Lipinski definition) is 1. The predicted octanol–water partition coefficient (Wildman–Crippen LogP) is 2.73. The topological polar surface area (TPSA) is 134 Å². The van der Waals surface area contributed by atoms with Crippen LogP contribution in [0.5, 0.6) is 5.88 Å². The molecule has 4 unspecified atom stereocenters. The minimum Gasteiger partial charge on any atom is -0.477 e. The van der Waals surface area contributed by atoms with Crippen LogP contribution in [-0.4, -0.2) is 67.3 Å². The number of ether oxygens (including phenoxy) is 2. The van der Waals surface area contributed by atoms with Crippen molar-refractivity contribution in [2.24, 2.45) is 11.8 Å². The van der Waals surface area contributed by atoms with Gasteiger partial charge >= 0.3 is 5.97 Å². The van der Waals surface area contributed by atoms with Crippen LogP contribution in [0.2, 0.25) is 0 Å². The van der Waals surface area contributed by atoms with Crippen LogP contribution in [0, 0.1) is 11.8 Å². The van der Waals surface area contributed by atoms with Crippen LogP contribution < -0.4 is 15.6 Å². The van der Waals surface area contributed by atoms with Crippen molar-refractivity contribution in [2.45, 2.75) is 39.5 Å². The fourth-order valence-corrected chi connectivity index (χ4v) is 5.28. The molecule has 218 valence electrons. The van der Waals surface area contributed by atoms with Crippen LogP contribution in [0.4, 0.5) is 0 Å². The first-order valence-corrected chi connectivity index (χ1v) is 14.6. The lowest BCUT2D eigenvalue weighted by atomic mass is 9.77. The number of allylic oxidation sites excluding steroid dienone is 2. The molecule has 13 heteroatoms. The van der Waals surface area contributed by atoms with Crippen molar-refractivity contribution in [1.82, 2.24) is 29.1 Å². The van der Waals surface area contributed by atoms with E-state index in [-0.39, 0.29) is 30.5 Å². The van der Waals surface area contributed by atoms with E-state index in [1.807, 2.05) is 10.6 Å². The SMILES string of the molecule is [B]C1=CC(C)C(C)C=C1COc1nc(-c2ccn(Cc3nc4ccc(C(=O)O)nc4n3CC3CCO3)c(=O)c2)ncc1P. The van der Waals surface area contributed by atoms with Crippen molar-refractivity contribution in [2.75, 3.05) is 13.2 Å². The summed E-state index contributed by atoms with van der Waals surface area (Å²) >= 11 is 0. The van der Waals surface area contributed by atoms with E-state index in [1.54, 1.807) is 24.5 Å². The highest BCUT2D eigenvalue weighted by Gasteiger charge is 2.24. The van der Waals surface area contributed by atoms with E-state index in [9.17, 15) is 14.7 Å². The predicted molar refractivity (Wildman–Crippen MR) is 165 cm³/mol. The largest absolute Gasteiger partial charge is 0.477 e. The fraction of sp³-hybridized carbons (Fsp3) is 0.333. The molecule has 1 fully saturated rings. The van der Waals surface area contributed by atoms with Gasteiger partial charge in [-0.15, -0.1) is 0 Å². The Morgan fingerprint density at radius 3 is 2.70 bits per heavy atom. The van der Waals surface area contributed by atoms with Gasteiger partial charge in [0.2, 0.25) is 5.88 Å². The van der Waals surface area contributed by atoms with Crippen molar-refractivity contribution in [3.05, 3.63) is 81.7 Å². The lowest BCUT2D eigenvalue weighted by Crippen LogP contribution is -2.32. The van der Waals surface area contributed by atoms with Crippen molar-refractivity contribution >= 4 is 39.5 Å². The van der Waals surface area contributed by atoms with Gasteiger partial charge in [0.15, 0.2) is 17.2 Å². The minimum absolute atomic E-state index is 0.0207. The molecule has 0 aromatic carbocycles. The number of fused-ring (bicyclic) bond motifs is 1. The van der Waals surface area contributed by atoms with Crippen LogP contribution in [-0.2, 0) is 17.8 Å². The summed E-state index contributed by atoms with van der Waals surface area (Å²) in [6, 6.07) is 6.28. The van der Waals surface area contributed by atoms with E-state index in [0.29, 0.717) is 70.0 Å². The van der Waals surface area contributed by atoms with Crippen molar-refractivity contribution in [1.29, 1.82) is 0 Å². The average Bonchev–Trinajstić information content (AvgIpc) is 3.29. The van der Waals surface area contributed by atoms with Crippen LogP contribution >= 0.6 is 9.24 Å². The molecule has 0 saturated carbocycles. The maximum Gasteiger partial charge on any atom is 0.354 e. The van der Waals surface area contributed by atoms with Gasteiger partial charge in [-0.1, -0.05) is 40.7 Å². The van der Waals surface area contributed by atoms with Crippen molar-refractivity contribution < 1.29 is 19.4 Å². The highest BCUT2D eigenvalue weighted by atomic mass is 31.0. The summed E-state index contributed by atoms with van der Waals surface area (Å²) < 4.78 is 15.0. The number of pyridine rings is 2. The monoisotopic (exact) mass is 596 g/mol. The number of rotatable bonds is 9. The summed E-state index contributed by atoms with van der Waals surface area (Å²) in [5.41, 5.74) is 2.81. The fourth-order valence-electron chi connectivity index (χ4n) is 5.06. The number of carbonyl (C=O) groups is 1. The molecule has 4 atom stereocenters. The maximum atomic E-state index is 13.2. The molecule has 11 nitrogen and oxygen atoms in total. The zero-order chi connectivity index (χ0) is 30.2. The average molecular weight is 596 g/mol. The van der Waals surface area contributed by atoms with Gasteiger partial charge in [0.25, 0.3) is 5.56 Å². The molecular formula is C30H30BN6O5P. The van der Waals surface area contributed by atoms with E-state index < -0.39 is 5.97 Å². The van der Waals surface area contributed by atoms with Gasteiger partial charge in [-0.3, -0.25) is 4.79 Å². The molecule has 1 aliphatic carbocycles. The Labute approximate surface area is 251 Å². The Kier molecular flexibility index (Phi) is 7.98. The normalized spacial score (nSPS) is 19.9. The Balaban J connectivity index is 1.24.